The second-order valence-electron chi connectivity index (χ2n) is 1.03. The smallest absolute Gasteiger partial charge is 0.565 e. The molecule has 0 aliphatic carbocycles. The zero-order chi connectivity index (χ0) is 10.9. The molecule has 14 heavy (non-hydrogen) atoms. The predicted octanol–water partition coefficient (Wildman–Crippen LogP) is -3.89. The van der Waals surface area contributed by atoms with Crippen LogP contribution in [-0.2, 0) is 14.8 Å². The summed E-state index contributed by atoms with van der Waals surface area (Å²) >= 11 is 0. The molecule has 0 radical (unpaired) electrons. The van der Waals surface area contributed by atoms with E-state index >= 15 is 0 Å². The molecule has 0 saturated heterocycles. The van der Waals surface area contributed by atoms with Crippen LogP contribution < -0.4 is 34.7 Å². The van der Waals surface area contributed by atoms with Gasteiger partial charge in [-0.2, -0.15) is 0 Å². The summed E-state index contributed by atoms with van der Waals surface area (Å²) in [5.74, 6) is 0. The third kappa shape index (κ3) is 45.2. The number of hydrogen-bond donors (Lipinski definition) is 3. The minimum Gasteiger partial charge on any atom is -0.565 e. The molecule has 0 heterocycles. The fourth-order valence-electron chi connectivity index (χ4n) is 0.0752. The molecular weight excluding hydrogens is 219 g/mol. The summed E-state index contributed by atoms with van der Waals surface area (Å²) in [6.07, 6.45) is -5.67. The molecule has 0 atom stereocenters. The van der Waals surface area contributed by atoms with Gasteiger partial charge in [0.25, 0.3) is 0 Å². The largest absolute Gasteiger partial charge is 1.00 e. The Labute approximate surface area is 97.7 Å². The normalized spacial score (nSPS) is 6.86. The quantitative estimate of drug-likeness (QED) is 0.239. The number of hydrogen-bond acceptors (Lipinski definition) is 7. The average molecular weight is 222 g/mol. The van der Waals surface area contributed by atoms with Crippen LogP contribution >= 0.6 is 0 Å². The van der Waals surface area contributed by atoms with Crippen molar-refractivity contribution in [2.24, 2.45) is 0 Å². The van der Waals surface area contributed by atoms with Crippen LogP contribution in [0.25, 0.3) is 0 Å². The Balaban J connectivity index is -0.000000209. The Bertz CT molecular complexity index is 170. The summed E-state index contributed by atoms with van der Waals surface area (Å²) in [6.45, 7) is 0. The first-order valence-corrected chi connectivity index (χ1v) is 2.23. The monoisotopic (exact) mass is 222 g/mol. The fourth-order valence-corrected chi connectivity index (χ4v) is 0.0752. The molecule has 3 N–H and O–H groups in total. The van der Waals surface area contributed by atoms with E-state index in [2.05, 4.69) is 14.8 Å². The molecule has 0 unspecified atom stereocenters. The summed E-state index contributed by atoms with van der Waals surface area (Å²) < 4.78 is 0. The maximum Gasteiger partial charge on any atom is 1.00 e. The summed E-state index contributed by atoms with van der Waals surface area (Å²) in [5, 5.41) is 33.7. The van der Waals surface area contributed by atoms with E-state index in [1.807, 2.05) is 0 Å². The van der Waals surface area contributed by atoms with Crippen LogP contribution in [0.4, 0.5) is 14.4 Å². The van der Waals surface area contributed by atoms with Crippen molar-refractivity contribution in [2.75, 3.05) is 0 Å². The Kier molecular flexibility index (Phi) is 15.6. The Morgan fingerprint density at radius 1 is 0.929 bits per heavy atom. The molecule has 76 valence electrons. The van der Waals surface area contributed by atoms with Gasteiger partial charge in [-0.25, -0.2) is 19.4 Å². The fraction of sp³-hybridized carbons (Fsp3) is 0. The maximum absolute atomic E-state index is 9.36. The van der Waals surface area contributed by atoms with Gasteiger partial charge in [0.2, 0.25) is 6.16 Å². The summed E-state index contributed by atoms with van der Waals surface area (Å²) in [4.78, 5) is 33.5. The Morgan fingerprint density at radius 3 is 1.29 bits per heavy atom. The zero-order valence-electron chi connectivity index (χ0n) is 6.70. The van der Waals surface area contributed by atoms with Gasteiger partial charge in [0, 0.05) is 0 Å². The second kappa shape index (κ2) is 11.8. The SMILES string of the molecule is O=C(O)OOOC(=O)O.O=C([O-])O.[Na+]. The van der Waals surface area contributed by atoms with E-state index in [9.17, 15) is 9.59 Å². The molecule has 0 bridgehead atoms. The van der Waals surface area contributed by atoms with Crippen LogP contribution in [0, 0.1) is 0 Å². The minimum atomic E-state index is -2.08. The van der Waals surface area contributed by atoms with Crippen molar-refractivity contribution in [1.29, 1.82) is 0 Å². The predicted molar refractivity (Wildman–Crippen MR) is 27.3 cm³/mol. The molecule has 10 nitrogen and oxygen atoms in total. The molecule has 0 aliphatic rings. The van der Waals surface area contributed by atoms with Crippen LogP contribution in [0.2, 0.25) is 0 Å². The van der Waals surface area contributed by atoms with Crippen molar-refractivity contribution in [1.82, 2.24) is 0 Å². The van der Waals surface area contributed by atoms with Crippen molar-refractivity contribution in [2.45, 2.75) is 0 Å². The van der Waals surface area contributed by atoms with Crippen LogP contribution in [0.15, 0.2) is 0 Å². The molecule has 0 amide bonds. The van der Waals surface area contributed by atoms with Crippen LogP contribution in [-0.4, -0.2) is 33.8 Å². The maximum atomic E-state index is 9.36. The van der Waals surface area contributed by atoms with Gasteiger partial charge in [-0.1, -0.05) is 0 Å². The molecule has 0 aromatic heterocycles. The van der Waals surface area contributed by atoms with E-state index < -0.39 is 18.5 Å². The molecule has 0 fully saturated rings. The van der Waals surface area contributed by atoms with Crippen molar-refractivity contribution < 1.29 is 79.2 Å². The molecule has 0 spiro atoms. The van der Waals surface area contributed by atoms with Crippen molar-refractivity contribution in [3.05, 3.63) is 0 Å². The van der Waals surface area contributed by atoms with Crippen LogP contribution in [0.5, 0.6) is 0 Å². The second-order valence-corrected chi connectivity index (χ2v) is 1.03. The van der Waals surface area contributed by atoms with Gasteiger partial charge in [0.15, 0.2) is 0 Å². The van der Waals surface area contributed by atoms with E-state index in [1.165, 1.54) is 0 Å². The van der Waals surface area contributed by atoms with Crippen molar-refractivity contribution in [3.8, 4) is 0 Å². The van der Waals surface area contributed by atoms with Crippen molar-refractivity contribution >= 4 is 18.5 Å². The van der Waals surface area contributed by atoms with E-state index in [-0.39, 0.29) is 29.6 Å². The number of carbonyl (C=O) groups is 3. The molecule has 0 aliphatic heterocycles. The average Bonchev–Trinajstić information content (AvgIpc) is 1.83. The standard InChI is InChI=1S/C2H2O7.CH2O3.Na/c3-1(4)7-9-8-2(5)6;2-1(3)4;/h(H,3,4)(H,5,6);(H2,2,3,4);/q;;+1/p-1. The number of rotatable bonds is 2. The van der Waals surface area contributed by atoms with Gasteiger partial charge < -0.3 is 25.2 Å². The van der Waals surface area contributed by atoms with E-state index in [0.29, 0.717) is 0 Å². The van der Waals surface area contributed by atoms with Gasteiger partial charge in [0.1, 0.15) is 0 Å². The van der Waals surface area contributed by atoms with E-state index in [4.69, 9.17) is 25.2 Å². The van der Waals surface area contributed by atoms with Gasteiger partial charge >= 0.3 is 41.9 Å². The minimum absolute atomic E-state index is 0. The summed E-state index contributed by atoms with van der Waals surface area (Å²) in [7, 11) is 0. The third-order valence-electron chi connectivity index (χ3n) is 0.211. The Morgan fingerprint density at radius 2 is 1.14 bits per heavy atom. The van der Waals surface area contributed by atoms with Crippen LogP contribution in [0.3, 0.4) is 0 Å². The van der Waals surface area contributed by atoms with Gasteiger partial charge in [-0.15, -0.1) is 0 Å². The molecular formula is C3H3NaO10. The summed E-state index contributed by atoms with van der Waals surface area (Å²) in [5.41, 5.74) is 0. The van der Waals surface area contributed by atoms with Gasteiger partial charge in [-0.3, -0.25) is 0 Å². The van der Waals surface area contributed by atoms with Gasteiger partial charge in [-0.05, 0) is 0 Å². The zero-order valence-corrected chi connectivity index (χ0v) is 8.70. The topological polar surface area (TPSA) is 163 Å². The molecule has 0 aromatic rings. The van der Waals surface area contributed by atoms with Crippen LogP contribution in [0.1, 0.15) is 0 Å². The Hall–Kier alpha value is -1.23. The molecule has 0 saturated carbocycles. The first-order chi connectivity index (χ1) is 5.86. The molecule has 0 aromatic carbocycles. The van der Waals surface area contributed by atoms with E-state index in [1.54, 1.807) is 0 Å². The van der Waals surface area contributed by atoms with Gasteiger partial charge in [0.05, 0.1) is 5.04 Å². The number of carboxylic acid groups (broad SMARTS) is 4. The van der Waals surface area contributed by atoms with E-state index in [0.717, 1.165) is 0 Å². The first kappa shape index (κ1) is 18.5. The third-order valence-corrected chi connectivity index (χ3v) is 0.211. The molecule has 0 rings (SSSR count). The van der Waals surface area contributed by atoms with Crippen molar-refractivity contribution in [3.63, 3.8) is 0 Å². The first-order valence-electron chi connectivity index (χ1n) is 2.23. The molecule has 11 heteroatoms. The summed E-state index contributed by atoms with van der Waals surface area (Å²) in [6, 6.07) is 0.